The SMILES string of the molecule is CC[C@H](CCCCC(=O)Nc1ccccn1)C(=O)O. The van der Waals surface area contributed by atoms with Gasteiger partial charge < -0.3 is 10.4 Å². The highest BCUT2D eigenvalue weighted by molar-refractivity contribution is 5.89. The first-order chi connectivity index (χ1) is 9.13. The zero-order chi connectivity index (χ0) is 14.1. The molecular formula is C14H20N2O3. The van der Waals surface area contributed by atoms with E-state index in [-0.39, 0.29) is 11.8 Å². The van der Waals surface area contributed by atoms with Crippen molar-refractivity contribution in [2.45, 2.75) is 39.0 Å². The van der Waals surface area contributed by atoms with E-state index < -0.39 is 5.97 Å². The minimum absolute atomic E-state index is 0.0814. The van der Waals surface area contributed by atoms with Crippen LogP contribution in [0.1, 0.15) is 39.0 Å². The first-order valence-corrected chi connectivity index (χ1v) is 6.57. The standard InChI is InChI=1S/C14H20N2O3/c1-2-11(14(18)19)7-3-4-9-13(17)16-12-8-5-6-10-15-12/h5-6,8,10-11H,2-4,7,9H2,1H3,(H,18,19)(H,15,16,17)/t11-/m1/s1. The van der Waals surface area contributed by atoms with E-state index in [0.717, 1.165) is 6.42 Å². The molecule has 0 aliphatic heterocycles. The lowest BCUT2D eigenvalue weighted by Crippen LogP contribution is -2.14. The third-order valence-electron chi connectivity index (χ3n) is 2.98. The van der Waals surface area contributed by atoms with Gasteiger partial charge in [0.05, 0.1) is 5.92 Å². The van der Waals surface area contributed by atoms with Gasteiger partial charge in [-0.25, -0.2) is 4.98 Å². The number of anilines is 1. The fraction of sp³-hybridized carbons (Fsp3) is 0.500. The Labute approximate surface area is 113 Å². The van der Waals surface area contributed by atoms with E-state index in [2.05, 4.69) is 10.3 Å². The van der Waals surface area contributed by atoms with Gasteiger partial charge in [-0.05, 0) is 31.4 Å². The number of carboxylic acid groups (broad SMARTS) is 1. The van der Waals surface area contributed by atoms with Crippen LogP contribution in [0.3, 0.4) is 0 Å². The largest absolute Gasteiger partial charge is 0.481 e. The highest BCUT2D eigenvalue weighted by atomic mass is 16.4. The lowest BCUT2D eigenvalue weighted by atomic mass is 9.99. The van der Waals surface area contributed by atoms with Crippen LogP contribution in [0.2, 0.25) is 0 Å². The van der Waals surface area contributed by atoms with Crippen LogP contribution < -0.4 is 5.32 Å². The van der Waals surface area contributed by atoms with Gasteiger partial charge in [0, 0.05) is 12.6 Å². The number of hydrogen-bond acceptors (Lipinski definition) is 3. The number of nitrogens with zero attached hydrogens (tertiary/aromatic N) is 1. The molecule has 1 atom stereocenters. The summed E-state index contributed by atoms with van der Waals surface area (Å²) < 4.78 is 0. The molecule has 0 saturated carbocycles. The van der Waals surface area contributed by atoms with Gasteiger partial charge in [-0.1, -0.05) is 19.4 Å². The van der Waals surface area contributed by atoms with E-state index >= 15 is 0 Å². The number of rotatable bonds is 8. The van der Waals surface area contributed by atoms with Gasteiger partial charge in [-0.2, -0.15) is 0 Å². The maximum absolute atomic E-state index is 11.6. The van der Waals surface area contributed by atoms with E-state index in [9.17, 15) is 9.59 Å². The van der Waals surface area contributed by atoms with Crippen molar-refractivity contribution in [1.82, 2.24) is 4.98 Å². The normalized spacial score (nSPS) is 11.8. The minimum atomic E-state index is -0.750. The molecular weight excluding hydrogens is 244 g/mol. The molecule has 0 bridgehead atoms. The molecule has 104 valence electrons. The molecule has 0 radical (unpaired) electrons. The molecule has 1 heterocycles. The van der Waals surface area contributed by atoms with E-state index in [1.54, 1.807) is 24.4 Å². The molecule has 19 heavy (non-hydrogen) atoms. The fourth-order valence-corrected chi connectivity index (χ4v) is 1.82. The Kier molecular flexibility index (Phi) is 6.57. The minimum Gasteiger partial charge on any atom is -0.481 e. The summed E-state index contributed by atoms with van der Waals surface area (Å²) in [6.07, 6.45) is 4.72. The molecule has 5 nitrogen and oxygen atoms in total. The summed E-state index contributed by atoms with van der Waals surface area (Å²) in [4.78, 5) is 26.4. The van der Waals surface area contributed by atoms with Gasteiger partial charge in [0.1, 0.15) is 5.82 Å². The van der Waals surface area contributed by atoms with Crippen molar-refractivity contribution >= 4 is 17.7 Å². The molecule has 0 aromatic carbocycles. The van der Waals surface area contributed by atoms with Crippen LogP contribution in [0.25, 0.3) is 0 Å². The van der Waals surface area contributed by atoms with Crippen LogP contribution in [0, 0.1) is 5.92 Å². The van der Waals surface area contributed by atoms with Gasteiger partial charge in [-0.15, -0.1) is 0 Å². The molecule has 0 unspecified atom stereocenters. The molecule has 0 aliphatic rings. The Morgan fingerprint density at radius 1 is 1.37 bits per heavy atom. The van der Waals surface area contributed by atoms with Crippen molar-refractivity contribution in [2.24, 2.45) is 5.92 Å². The molecule has 0 spiro atoms. The van der Waals surface area contributed by atoms with Crippen molar-refractivity contribution in [1.29, 1.82) is 0 Å². The van der Waals surface area contributed by atoms with Crippen LogP contribution in [0.5, 0.6) is 0 Å². The second-order valence-electron chi connectivity index (χ2n) is 4.45. The predicted molar refractivity (Wildman–Crippen MR) is 72.8 cm³/mol. The van der Waals surface area contributed by atoms with Crippen molar-refractivity contribution < 1.29 is 14.7 Å². The monoisotopic (exact) mass is 264 g/mol. The van der Waals surface area contributed by atoms with Gasteiger partial charge in [-0.3, -0.25) is 9.59 Å². The second kappa shape index (κ2) is 8.24. The second-order valence-corrected chi connectivity index (χ2v) is 4.45. The Balaban J connectivity index is 2.19. The summed E-state index contributed by atoms with van der Waals surface area (Å²) in [5, 5.41) is 11.6. The summed E-state index contributed by atoms with van der Waals surface area (Å²) in [7, 11) is 0. The van der Waals surface area contributed by atoms with Crippen molar-refractivity contribution in [3.8, 4) is 0 Å². The third-order valence-corrected chi connectivity index (χ3v) is 2.98. The lowest BCUT2D eigenvalue weighted by Gasteiger charge is -2.09. The van der Waals surface area contributed by atoms with Crippen molar-refractivity contribution in [3.63, 3.8) is 0 Å². The molecule has 1 amide bonds. The van der Waals surface area contributed by atoms with Crippen molar-refractivity contribution in [3.05, 3.63) is 24.4 Å². The first-order valence-electron chi connectivity index (χ1n) is 6.57. The zero-order valence-corrected chi connectivity index (χ0v) is 11.1. The van der Waals surface area contributed by atoms with Crippen LogP contribution in [-0.4, -0.2) is 22.0 Å². The number of carboxylic acids is 1. The quantitative estimate of drug-likeness (QED) is 0.707. The highest BCUT2D eigenvalue weighted by Gasteiger charge is 2.14. The number of aliphatic carboxylic acids is 1. The number of aromatic nitrogens is 1. The summed E-state index contributed by atoms with van der Waals surface area (Å²) in [6, 6.07) is 5.32. The average Bonchev–Trinajstić information content (AvgIpc) is 2.39. The highest BCUT2D eigenvalue weighted by Crippen LogP contribution is 2.14. The molecule has 0 aliphatic carbocycles. The van der Waals surface area contributed by atoms with Crippen molar-refractivity contribution in [2.75, 3.05) is 5.32 Å². The molecule has 0 fully saturated rings. The molecule has 1 aromatic rings. The van der Waals surface area contributed by atoms with E-state index in [4.69, 9.17) is 5.11 Å². The number of unbranched alkanes of at least 4 members (excludes halogenated alkanes) is 1. The Hall–Kier alpha value is -1.91. The summed E-state index contributed by atoms with van der Waals surface area (Å²) in [5.41, 5.74) is 0. The summed E-state index contributed by atoms with van der Waals surface area (Å²) >= 11 is 0. The summed E-state index contributed by atoms with van der Waals surface area (Å²) in [6.45, 7) is 1.87. The average molecular weight is 264 g/mol. The summed E-state index contributed by atoms with van der Waals surface area (Å²) in [5.74, 6) is -0.578. The Morgan fingerprint density at radius 3 is 2.74 bits per heavy atom. The van der Waals surface area contributed by atoms with Gasteiger partial charge in [0.15, 0.2) is 0 Å². The molecule has 0 saturated heterocycles. The lowest BCUT2D eigenvalue weighted by molar-refractivity contribution is -0.142. The Bertz CT molecular complexity index is 406. The maximum Gasteiger partial charge on any atom is 0.306 e. The predicted octanol–water partition coefficient (Wildman–Crippen LogP) is 2.69. The Morgan fingerprint density at radius 2 is 2.16 bits per heavy atom. The topological polar surface area (TPSA) is 79.3 Å². The van der Waals surface area contributed by atoms with E-state index in [0.29, 0.717) is 31.5 Å². The van der Waals surface area contributed by atoms with E-state index in [1.807, 2.05) is 6.92 Å². The molecule has 1 rings (SSSR count). The molecule has 2 N–H and O–H groups in total. The third kappa shape index (κ3) is 5.99. The van der Waals surface area contributed by atoms with Crippen LogP contribution in [-0.2, 0) is 9.59 Å². The number of amides is 1. The van der Waals surface area contributed by atoms with Gasteiger partial charge in [0.25, 0.3) is 0 Å². The van der Waals surface area contributed by atoms with Crippen LogP contribution in [0.15, 0.2) is 24.4 Å². The molecule has 1 aromatic heterocycles. The first kappa shape index (κ1) is 15.1. The number of carbonyl (C=O) groups is 2. The maximum atomic E-state index is 11.6. The number of nitrogens with one attached hydrogen (secondary N) is 1. The number of carbonyl (C=O) groups excluding carboxylic acids is 1. The van der Waals surface area contributed by atoms with Gasteiger partial charge >= 0.3 is 5.97 Å². The van der Waals surface area contributed by atoms with E-state index in [1.165, 1.54) is 0 Å². The number of pyridine rings is 1. The zero-order valence-electron chi connectivity index (χ0n) is 11.1. The molecule has 5 heteroatoms. The fourth-order valence-electron chi connectivity index (χ4n) is 1.82. The van der Waals surface area contributed by atoms with Crippen LogP contribution >= 0.6 is 0 Å². The van der Waals surface area contributed by atoms with Gasteiger partial charge in [0.2, 0.25) is 5.91 Å². The smallest absolute Gasteiger partial charge is 0.306 e. The number of hydrogen-bond donors (Lipinski definition) is 2. The van der Waals surface area contributed by atoms with Crippen LogP contribution in [0.4, 0.5) is 5.82 Å².